The van der Waals surface area contributed by atoms with E-state index in [4.69, 9.17) is 36.0 Å². The van der Waals surface area contributed by atoms with Crippen molar-refractivity contribution in [3.8, 4) is 11.3 Å². The summed E-state index contributed by atoms with van der Waals surface area (Å²) < 4.78 is 15.6. The van der Waals surface area contributed by atoms with Gasteiger partial charge in [0.2, 0.25) is 0 Å². The van der Waals surface area contributed by atoms with Crippen LogP contribution in [-0.2, 0) is 22.4 Å². The summed E-state index contributed by atoms with van der Waals surface area (Å²) >= 11 is 6.07. The minimum absolute atomic E-state index is 0.277. The summed E-state index contributed by atoms with van der Waals surface area (Å²) in [6.07, 6.45) is 15.8. The maximum atomic E-state index is 6.07. The molecule has 3 fully saturated rings. The Labute approximate surface area is 424 Å². The number of rotatable bonds is 8. The van der Waals surface area contributed by atoms with Gasteiger partial charge in [0.05, 0.1) is 41.4 Å². The van der Waals surface area contributed by atoms with Crippen molar-refractivity contribution in [3.05, 3.63) is 137 Å². The van der Waals surface area contributed by atoms with Gasteiger partial charge in [-0.15, -0.1) is 0 Å². The van der Waals surface area contributed by atoms with E-state index in [2.05, 4.69) is 142 Å². The van der Waals surface area contributed by atoms with E-state index < -0.39 is 0 Å². The summed E-state index contributed by atoms with van der Waals surface area (Å²) in [5.41, 5.74) is 10.5. The summed E-state index contributed by atoms with van der Waals surface area (Å²) in [4.78, 5) is 31.8. The number of halogens is 1. The molecule has 16 nitrogen and oxygen atoms in total. The second kappa shape index (κ2) is 19.4. The fraction of sp³-hybridized carbons (Fsp3) is 0.333. The van der Waals surface area contributed by atoms with Crippen molar-refractivity contribution < 1.29 is 9.31 Å². The van der Waals surface area contributed by atoms with Crippen LogP contribution in [0.4, 0.5) is 34.6 Å². The normalized spacial score (nSPS) is 19.1. The fourth-order valence-electron chi connectivity index (χ4n) is 9.78. The van der Waals surface area contributed by atoms with Crippen molar-refractivity contribution in [1.82, 2.24) is 39.2 Å². The van der Waals surface area contributed by atoms with Crippen molar-refractivity contribution in [1.29, 1.82) is 0 Å². The Morgan fingerprint density at radius 1 is 0.639 bits per heavy atom. The molecule has 6 aromatic heterocycles. The number of hydrogen-bond acceptors (Lipinski definition) is 14. The third kappa shape index (κ3) is 9.63. The van der Waals surface area contributed by atoms with Gasteiger partial charge in [-0.3, -0.25) is 9.98 Å². The molecular weight excluding hydrogens is 923 g/mol. The Kier molecular flexibility index (Phi) is 12.7. The van der Waals surface area contributed by atoms with Crippen molar-refractivity contribution in [2.75, 3.05) is 33.5 Å². The van der Waals surface area contributed by atoms with Gasteiger partial charge in [0.1, 0.15) is 23.3 Å². The molecular formula is C54H58BClN14O2. The lowest BCUT2D eigenvalue weighted by molar-refractivity contribution is 0.00578. The smallest absolute Gasteiger partial charge is 0.399 e. The van der Waals surface area contributed by atoms with Crippen LogP contribution in [0.2, 0.25) is 5.15 Å². The largest absolute Gasteiger partial charge is 0.494 e. The van der Waals surface area contributed by atoms with Crippen molar-refractivity contribution >= 4 is 82.6 Å². The first-order chi connectivity index (χ1) is 34.8. The van der Waals surface area contributed by atoms with E-state index in [-0.39, 0.29) is 18.3 Å². The standard InChI is InChI=1S/C24H23N7.C16H17ClN6.C14H18BNO2/c1-16-4-3-10-30(16)23-6-2-5-22(28-23)27-21-13-20(29-31-11-9-26-24(21)31)17-7-8-18-14-25-15-19(18)12-17;1-11-4-3-8-22(11)15-6-2-5-14(20-15)19-12-10-13(17)21-23-9-7-18-16(12)23;1-13(2)14(3,4)18-15(17-13)12-6-5-10-8-16-9-11(10)7-12/h2,5-9,11-14,16H,3-4,10,15H2,1H3,(H,27,28);2,5-7,9-11H,3-4,8H2,1H3,(H,19,20);5-8H,9H2,1-4H3. The summed E-state index contributed by atoms with van der Waals surface area (Å²) in [6, 6.07) is 29.7. The molecule has 0 aliphatic carbocycles. The van der Waals surface area contributed by atoms with Gasteiger partial charge < -0.3 is 29.7 Å². The molecule has 2 aromatic carbocycles. The average Bonchev–Trinajstić information content (AvgIpc) is 4.24. The van der Waals surface area contributed by atoms with Gasteiger partial charge in [0.15, 0.2) is 16.4 Å². The number of aliphatic imine (C=N–C) groups is 2. The lowest BCUT2D eigenvalue weighted by Crippen LogP contribution is -2.41. The van der Waals surface area contributed by atoms with Crippen molar-refractivity contribution in [2.24, 2.45) is 9.98 Å². The summed E-state index contributed by atoms with van der Waals surface area (Å²) in [5, 5.41) is 16.1. The van der Waals surface area contributed by atoms with Crippen LogP contribution in [0.3, 0.4) is 0 Å². The van der Waals surface area contributed by atoms with E-state index in [1.165, 1.54) is 47.9 Å². The highest BCUT2D eigenvalue weighted by molar-refractivity contribution is 6.62. The molecule has 13 rings (SSSR count). The van der Waals surface area contributed by atoms with E-state index in [0.717, 1.165) is 88.8 Å². The van der Waals surface area contributed by atoms with Gasteiger partial charge in [0.25, 0.3) is 0 Å². The number of nitrogens with zero attached hydrogens (tertiary/aromatic N) is 12. The van der Waals surface area contributed by atoms with Gasteiger partial charge in [-0.05, 0) is 131 Å². The molecule has 11 heterocycles. The quantitative estimate of drug-likeness (QED) is 0.139. The van der Waals surface area contributed by atoms with Crippen LogP contribution >= 0.6 is 11.6 Å². The first kappa shape index (κ1) is 47.1. The van der Waals surface area contributed by atoms with E-state index in [9.17, 15) is 0 Å². The monoisotopic (exact) mass is 980 g/mol. The molecule has 0 saturated carbocycles. The minimum atomic E-state index is -0.285. The van der Waals surface area contributed by atoms with E-state index in [0.29, 0.717) is 17.2 Å². The molecule has 0 radical (unpaired) electrons. The number of nitrogens with one attached hydrogen (secondary N) is 2. The predicted octanol–water partition coefficient (Wildman–Crippen LogP) is 9.88. The summed E-state index contributed by atoms with van der Waals surface area (Å²) in [5.74, 6) is 3.59. The second-order valence-electron chi connectivity index (χ2n) is 20.0. The van der Waals surface area contributed by atoms with E-state index >= 15 is 0 Å². The minimum Gasteiger partial charge on any atom is -0.399 e. The molecule has 0 bridgehead atoms. The molecule has 8 aromatic rings. The third-order valence-electron chi connectivity index (χ3n) is 14.5. The zero-order valence-corrected chi connectivity index (χ0v) is 42.3. The number of aromatic nitrogens is 8. The maximum Gasteiger partial charge on any atom is 0.494 e. The van der Waals surface area contributed by atoms with Gasteiger partial charge >= 0.3 is 7.12 Å². The number of anilines is 6. The Balaban J connectivity index is 0.000000122. The third-order valence-corrected chi connectivity index (χ3v) is 14.7. The molecule has 0 amide bonds. The number of imidazole rings is 2. The molecule has 3 saturated heterocycles. The van der Waals surface area contributed by atoms with Crippen LogP contribution in [0, 0.1) is 0 Å². The predicted molar refractivity (Wildman–Crippen MR) is 288 cm³/mol. The number of fused-ring (bicyclic) bond motifs is 4. The lowest BCUT2D eigenvalue weighted by Gasteiger charge is -2.32. The fourth-order valence-corrected chi connectivity index (χ4v) is 9.97. The number of hydrogen-bond donors (Lipinski definition) is 2. The highest BCUT2D eigenvalue weighted by Gasteiger charge is 2.51. The molecule has 5 aliphatic rings. The highest BCUT2D eigenvalue weighted by Crippen LogP contribution is 2.37. The van der Waals surface area contributed by atoms with Crippen LogP contribution in [0.5, 0.6) is 0 Å². The first-order valence-corrected chi connectivity index (χ1v) is 25.2. The molecule has 18 heteroatoms. The zero-order chi connectivity index (χ0) is 49.6. The Bertz CT molecular complexity index is 3340. The zero-order valence-electron chi connectivity index (χ0n) is 41.5. The molecule has 366 valence electrons. The van der Waals surface area contributed by atoms with E-state index in [1.54, 1.807) is 29.2 Å². The molecule has 2 atom stereocenters. The Morgan fingerprint density at radius 3 is 1.75 bits per heavy atom. The van der Waals surface area contributed by atoms with Crippen molar-refractivity contribution in [2.45, 2.75) is 104 Å². The van der Waals surface area contributed by atoms with E-state index in [1.807, 2.05) is 47.4 Å². The van der Waals surface area contributed by atoms with Crippen LogP contribution in [0.15, 0.2) is 120 Å². The summed E-state index contributed by atoms with van der Waals surface area (Å²) in [7, 11) is -0.277. The van der Waals surface area contributed by atoms with Crippen LogP contribution in [0.1, 0.15) is 89.5 Å². The molecule has 5 aliphatic heterocycles. The molecule has 72 heavy (non-hydrogen) atoms. The molecule has 2 unspecified atom stereocenters. The maximum absolute atomic E-state index is 6.07. The Hall–Kier alpha value is -7.21. The van der Waals surface area contributed by atoms with Crippen LogP contribution in [0.25, 0.3) is 22.6 Å². The van der Waals surface area contributed by atoms with Gasteiger partial charge in [0, 0.05) is 74.0 Å². The Morgan fingerprint density at radius 2 is 1.18 bits per heavy atom. The van der Waals surface area contributed by atoms with Gasteiger partial charge in [-0.25, -0.2) is 29.0 Å². The summed E-state index contributed by atoms with van der Waals surface area (Å²) in [6.45, 7) is 16.4. The van der Waals surface area contributed by atoms with Crippen LogP contribution in [-0.4, -0.2) is 95.1 Å². The van der Waals surface area contributed by atoms with Crippen molar-refractivity contribution in [3.63, 3.8) is 0 Å². The average molecular weight is 981 g/mol. The van der Waals surface area contributed by atoms with Gasteiger partial charge in [-0.1, -0.05) is 54.1 Å². The highest BCUT2D eigenvalue weighted by atomic mass is 35.5. The number of pyridine rings is 2. The topological polar surface area (TPSA) is 160 Å². The molecule has 2 N–H and O–H groups in total. The molecule has 0 spiro atoms. The lowest BCUT2D eigenvalue weighted by atomic mass is 9.78. The van der Waals surface area contributed by atoms with Gasteiger partial charge in [-0.2, -0.15) is 10.2 Å². The second-order valence-corrected chi connectivity index (χ2v) is 20.4. The first-order valence-electron chi connectivity index (χ1n) is 24.8. The van der Waals surface area contributed by atoms with Crippen LogP contribution < -0.4 is 25.9 Å². The SMILES string of the molecule is CC1(C)OB(c2ccc3c(c2)CN=C3)OC1(C)C.CC1CCCN1c1cccc(Nc2cc(-c3ccc4c(c3)CN=C4)nn3ccnc23)n1.CC1CCCN1c1cccc(Nc2cc(Cl)nn3ccnc23)n1. The number of benzene rings is 2.